The molecule has 1 saturated heterocycles. The third kappa shape index (κ3) is 1.54. The molecule has 0 amide bonds. The van der Waals surface area contributed by atoms with Gasteiger partial charge in [0.25, 0.3) is 0 Å². The van der Waals surface area contributed by atoms with E-state index in [-0.39, 0.29) is 0 Å². The number of hydrogen-bond donors (Lipinski definition) is 2. The summed E-state index contributed by atoms with van der Waals surface area (Å²) in [6, 6.07) is 6.50. The van der Waals surface area contributed by atoms with Crippen molar-refractivity contribution in [2.45, 2.75) is 25.7 Å². The molecule has 84 valence electrons. The maximum absolute atomic E-state index is 3.49. The lowest BCUT2D eigenvalue weighted by Gasteiger charge is -2.22. The summed E-state index contributed by atoms with van der Waals surface area (Å²) in [6.07, 6.45) is 4.81. The average molecular weight is 214 g/mol. The van der Waals surface area contributed by atoms with Gasteiger partial charge in [-0.1, -0.05) is 12.1 Å². The van der Waals surface area contributed by atoms with Crippen LogP contribution in [0.5, 0.6) is 0 Å². The molecule has 0 spiro atoms. The van der Waals surface area contributed by atoms with E-state index in [4.69, 9.17) is 0 Å². The van der Waals surface area contributed by atoms with Gasteiger partial charge in [0, 0.05) is 23.6 Å². The normalized spacial score (nSPS) is 21.4. The summed E-state index contributed by atoms with van der Waals surface area (Å²) < 4.78 is 0. The summed E-state index contributed by atoms with van der Waals surface area (Å²) in [5.74, 6) is 0.684. The molecule has 2 nitrogen and oxygen atoms in total. The van der Waals surface area contributed by atoms with Gasteiger partial charge in [0.05, 0.1) is 0 Å². The molecule has 1 fully saturated rings. The first kappa shape index (κ1) is 9.91. The van der Waals surface area contributed by atoms with Crippen LogP contribution in [0.3, 0.4) is 0 Å². The molecule has 0 aliphatic carbocycles. The number of nitrogens with one attached hydrogen (secondary N) is 2. The highest BCUT2D eigenvalue weighted by molar-refractivity contribution is 5.87. The molecule has 2 heteroatoms. The van der Waals surface area contributed by atoms with Crippen LogP contribution in [-0.2, 0) is 0 Å². The molecule has 3 rings (SSSR count). The van der Waals surface area contributed by atoms with Crippen LogP contribution >= 0.6 is 0 Å². The smallest absolute Gasteiger partial charge is 0.0459 e. The zero-order valence-electron chi connectivity index (χ0n) is 9.72. The second-order valence-electron chi connectivity index (χ2n) is 4.78. The number of aromatic amines is 1. The van der Waals surface area contributed by atoms with Gasteiger partial charge in [-0.05, 0) is 49.4 Å². The minimum absolute atomic E-state index is 0.684. The Hall–Kier alpha value is -1.28. The quantitative estimate of drug-likeness (QED) is 0.750. The van der Waals surface area contributed by atoms with E-state index in [1.165, 1.54) is 41.4 Å². The third-order valence-corrected chi connectivity index (χ3v) is 3.68. The number of aromatic nitrogens is 1. The number of piperidine rings is 1. The highest BCUT2D eigenvalue weighted by Crippen LogP contribution is 2.31. The van der Waals surface area contributed by atoms with Gasteiger partial charge in [-0.2, -0.15) is 0 Å². The molecular weight excluding hydrogens is 196 g/mol. The van der Waals surface area contributed by atoms with Crippen molar-refractivity contribution in [2.75, 3.05) is 13.1 Å². The standard InChI is InChI=1S/C14H18N2/c1-10-4-2-6-13-14(10)12(9-16-13)11-5-3-7-15-8-11/h2,4,6,9,11,15-16H,3,5,7-8H2,1H3. The number of aryl methyl sites for hydroxylation is 1. The van der Waals surface area contributed by atoms with Gasteiger partial charge < -0.3 is 10.3 Å². The molecule has 2 aromatic rings. The van der Waals surface area contributed by atoms with Crippen LogP contribution in [0.15, 0.2) is 24.4 Å². The van der Waals surface area contributed by atoms with Crippen molar-refractivity contribution in [3.63, 3.8) is 0 Å². The van der Waals surface area contributed by atoms with E-state index in [1.807, 2.05) is 0 Å². The van der Waals surface area contributed by atoms with Gasteiger partial charge in [0.1, 0.15) is 0 Å². The van der Waals surface area contributed by atoms with Crippen molar-refractivity contribution in [1.82, 2.24) is 10.3 Å². The van der Waals surface area contributed by atoms with E-state index in [0.29, 0.717) is 5.92 Å². The van der Waals surface area contributed by atoms with E-state index in [2.05, 4.69) is 41.6 Å². The first-order valence-corrected chi connectivity index (χ1v) is 6.13. The average Bonchev–Trinajstić information content (AvgIpc) is 2.75. The van der Waals surface area contributed by atoms with E-state index in [0.717, 1.165) is 6.54 Å². The molecule has 1 aliphatic rings. The molecule has 2 N–H and O–H groups in total. The Morgan fingerprint density at radius 1 is 1.31 bits per heavy atom. The maximum Gasteiger partial charge on any atom is 0.0459 e. The van der Waals surface area contributed by atoms with Gasteiger partial charge >= 0.3 is 0 Å². The van der Waals surface area contributed by atoms with Crippen LogP contribution in [-0.4, -0.2) is 18.1 Å². The fraction of sp³-hybridized carbons (Fsp3) is 0.429. The highest BCUT2D eigenvalue weighted by atomic mass is 14.9. The molecule has 1 aromatic carbocycles. The van der Waals surface area contributed by atoms with E-state index in [1.54, 1.807) is 0 Å². The van der Waals surface area contributed by atoms with E-state index < -0.39 is 0 Å². The van der Waals surface area contributed by atoms with Gasteiger partial charge in [0.2, 0.25) is 0 Å². The molecule has 1 aliphatic heterocycles. The Kier molecular flexibility index (Phi) is 2.44. The van der Waals surface area contributed by atoms with Crippen molar-refractivity contribution in [1.29, 1.82) is 0 Å². The number of fused-ring (bicyclic) bond motifs is 1. The van der Waals surface area contributed by atoms with Gasteiger partial charge in [0.15, 0.2) is 0 Å². The number of hydrogen-bond acceptors (Lipinski definition) is 1. The zero-order chi connectivity index (χ0) is 11.0. The predicted octanol–water partition coefficient (Wildman–Crippen LogP) is 2.94. The van der Waals surface area contributed by atoms with Crippen molar-refractivity contribution in [2.24, 2.45) is 0 Å². The van der Waals surface area contributed by atoms with E-state index >= 15 is 0 Å². The molecule has 1 aromatic heterocycles. The second kappa shape index (κ2) is 3.95. The molecule has 2 heterocycles. The summed E-state index contributed by atoms with van der Waals surface area (Å²) in [6.45, 7) is 4.51. The summed E-state index contributed by atoms with van der Waals surface area (Å²) >= 11 is 0. The highest BCUT2D eigenvalue weighted by Gasteiger charge is 2.18. The fourth-order valence-electron chi connectivity index (χ4n) is 2.84. The molecule has 1 unspecified atom stereocenters. The minimum Gasteiger partial charge on any atom is -0.361 e. The maximum atomic E-state index is 3.49. The monoisotopic (exact) mass is 214 g/mol. The van der Waals surface area contributed by atoms with Crippen LogP contribution in [0, 0.1) is 6.92 Å². The molecule has 16 heavy (non-hydrogen) atoms. The number of H-pyrrole nitrogens is 1. The zero-order valence-corrected chi connectivity index (χ0v) is 9.72. The predicted molar refractivity (Wildman–Crippen MR) is 67.9 cm³/mol. The first-order valence-electron chi connectivity index (χ1n) is 6.13. The van der Waals surface area contributed by atoms with Crippen LogP contribution in [0.1, 0.15) is 29.9 Å². The Labute approximate surface area is 96.1 Å². The largest absolute Gasteiger partial charge is 0.361 e. The van der Waals surface area contributed by atoms with E-state index in [9.17, 15) is 0 Å². The summed E-state index contributed by atoms with van der Waals surface area (Å²) in [5.41, 5.74) is 4.17. The number of benzene rings is 1. The fourth-order valence-corrected chi connectivity index (χ4v) is 2.84. The Bertz CT molecular complexity index is 492. The lowest BCUT2D eigenvalue weighted by atomic mass is 9.90. The Morgan fingerprint density at radius 3 is 3.06 bits per heavy atom. The SMILES string of the molecule is Cc1cccc2[nH]cc(C3CCCNC3)c12. The number of rotatable bonds is 1. The van der Waals surface area contributed by atoms with Gasteiger partial charge in [-0.15, -0.1) is 0 Å². The van der Waals surface area contributed by atoms with Crippen LogP contribution in [0.4, 0.5) is 0 Å². The van der Waals surface area contributed by atoms with Gasteiger partial charge in [-0.3, -0.25) is 0 Å². The van der Waals surface area contributed by atoms with Gasteiger partial charge in [-0.25, -0.2) is 0 Å². The molecule has 0 saturated carbocycles. The molecule has 0 bridgehead atoms. The molecule has 1 atom stereocenters. The second-order valence-corrected chi connectivity index (χ2v) is 4.78. The Balaban J connectivity index is 2.09. The molecule has 0 radical (unpaired) electrons. The lowest BCUT2D eigenvalue weighted by Crippen LogP contribution is -2.28. The minimum atomic E-state index is 0.684. The Morgan fingerprint density at radius 2 is 2.25 bits per heavy atom. The topological polar surface area (TPSA) is 27.8 Å². The third-order valence-electron chi connectivity index (χ3n) is 3.68. The molecular formula is C14H18N2. The summed E-state index contributed by atoms with van der Waals surface area (Å²) in [5, 5.41) is 4.93. The summed E-state index contributed by atoms with van der Waals surface area (Å²) in [4.78, 5) is 3.40. The summed E-state index contributed by atoms with van der Waals surface area (Å²) in [7, 11) is 0. The van der Waals surface area contributed by atoms with Crippen molar-refractivity contribution in [3.8, 4) is 0 Å². The van der Waals surface area contributed by atoms with Crippen molar-refractivity contribution >= 4 is 10.9 Å². The van der Waals surface area contributed by atoms with Crippen LogP contribution in [0.2, 0.25) is 0 Å². The first-order chi connectivity index (χ1) is 7.86. The van der Waals surface area contributed by atoms with Crippen molar-refractivity contribution < 1.29 is 0 Å². The van der Waals surface area contributed by atoms with Crippen molar-refractivity contribution in [3.05, 3.63) is 35.5 Å². The van der Waals surface area contributed by atoms with Crippen LogP contribution in [0.25, 0.3) is 10.9 Å². The van der Waals surface area contributed by atoms with Crippen LogP contribution < -0.4 is 5.32 Å². The lowest BCUT2D eigenvalue weighted by molar-refractivity contribution is 0.463.